The molecule has 0 aliphatic heterocycles. The Hall–Kier alpha value is -1.55. The lowest BCUT2D eigenvalue weighted by molar-refractivity contribution is -0.131. The van der Waals surface area contributed by atoms with Crippen molar-refractivity contribution in [2.24, 2.45) is 5.73 Å². The Labute approximate surface area is 96.0 Å². The lowest BCUT2D eigenvalue weighted by Crippen LogP contribution is -2.39. The highest BCUT2D eigenvalue weighted by Crippen LogP contribution is 2.18. The van der Waals surface area contributed by atoms with Crippen molar-refractivity contribution in [3.05, 3.63) is 29.8 Å². The maximum absolute atomic E-state index is 11.6. The van der Waals surface area contributed by atoms with E-state index in [-0.39, 0.29) is 5.91 Å². The predicted octanol–water partition coefficient (Wildman–Crippen LogP) is 1.00. The number of nitrogens with zero attached hydrogens (tertiary/aromatic N) is 1. The summed E-state index contributed by atoms with van der Waals surface area (Å²) < 4.78 is 5.22. The highest BCUT2D eigenvalue weighted by atomic mass is 16.5. The van der Waals surface area contributed by atoms with Crippen LogP contribution in [0.25, 0.3) is 0 Å². The third kappa shape index (κ3) is 2.97. The Kier molecular flexibility index (Phi) is 4.31. The van der Waals surface area contributed by atoms with E-state index < -0.39 is 6.04 Å². The molecule has 0 heterocycles. The topological polar surface area (TPSA) is 55.6 Å². The van der Waals surface area contributed by atoms with Crippen LogP contribution in [-0.4, -0.2) is 31.0 Å². The molecule has 0 bridgehead atoms. The Morgan fingerprint density at radius 3 is 2.69 bits per heavy atom. The van der Waals surface area contributed by atoms with Gasteiger partial charge in [-0.25, -0.2) is 0 Å². The van der Waals surface area contributed by atoms with E-state index in [0.29, 0.717) is 6.54 Å². The summed E-state index contributed by atoms with van der Waals surface area (Å²) in [4.78, 5) is 13.2. The molecule has 0 aliphatic rings. The Morgan fingerprint density at radius 2 is 2.12 bits per heavy atom. The van der Waals surface area contributed by atoms with Crippen molar-refractivity contribution in [3.63, 3.8) is 0 Å². The summed E-state index contributed by atoms with van der Waals surface area (Å²) in [6, 6.07) is 7.15. The molecule has 88 valence electrons. The molecular weight excluding hydrogens is 204 g/mol. The van der Waals surface area contributed by atoms with Gasteiger partial charge in [0.1, 0.15) is 5.75 Å². The first kappa shape index (κ1) is 12.5. The molecule has 0 saturated heterocycles. The number of methoxy groups -OCH3 is 1. The molecule has 4 nitrogen and oxygen atoms in total. The van der Waals surface area contributed by atoms with Crippen molar-refractivity contribution >= 4 is 5.91 Å². The van der Waals surface area contributed by atoms with Crippen LogP contribution < -0.4 is 10.5 Å². The van der Waals surface area contributed by atoms with Crippen molar-refractivity contribution in [3.8, 4) is 5.75 Å². The molecule has 0 aromatic heterocycles. The minimum absolute atomic E-state index is 0.0779. The van der Waals surface area contributed by atoms with Gasteiger partial charge in [0.15, 0.2) is 0 Å². The Balaban J connectivity index is 2.76. The Bertz CT molecular complexity index is 364. The number of para-hydroxylation sites is 1. The van der Waals surface area contributed by atoms with E-state index in [0.717, 1.165) is 11.3 Å². The molecule has 1 aromatic carbocycles. The summed E-state index contributed by atoms with van der Waals surface area (Å²) in [6.45, 7) is 2.19. The van der Waals surface area contributed by atoms with Gasteiger partial charge in [-0.3, -0.25) is 4.79 Å². The van der Waals surface area contributed by atoms with Crippen molar-refractivity contribution in [2.45, 2.75) is 19.5 Å². The van der Waals surface area contributed by atoms with E-state index in [2.05, 4.69) is 0 Å². The fraction of sp³-hybridized carbons (Fsp3) is 0.417. The standard InChI is InChI=1S/C12H18N2O2/c1-9(13)12(15)14(2)8-10-6-4-5-7-11(10)16-3/h4-7,9H,8,13H2,1-3H3. The fourth-order valence-corrected chi connectivity index (χ4v) is 1.51. The van der Waals surface area contributed by atoms with Gasteiger partial charge in [0.25, 0.3) is 0 Å². The van der Waals surface area contributed by atoms with Gasteiger partial charge in [-0.05, 0) is 13.0 Å². The number of likely N-dealkylation sites (N-methyl/N-ethyl adjacent to an activating group) is 1. The molecule has 1 atom stereocenters. The summed E-state index contributed by atoms with van der Waals surface area (Å²) >= 11 is 0. The molecule has 0 fully saturated rings. The van der Waals surface area contributed by atoms with Crippen LogP contribution in [0.1, 0.15) is 12.5 Å². The second-order valence-corrected chi connectivity index (χ2v) is 3.79. The number of ether oxygens (including phenoxy) is 1. The molecule has 1 amide bonds. The zero-order valence-corrected chi connectivity index (χ0v) is 9.93. The molecular formula is C12H18N2O2. The van der Waals surface area contributed by atoms with Crippen molar-refractivity contribution in [1.29, 1.82) is 0 Å². The summed E-state index contributed by atoms with van der Waals surface area (Å²) in [5.74, 6) is 0.706. The highest BCUT2D eigenvalue weighted by Gasteiger charge is 2.14. The third-order valence-corrected chi connectivity index (χ3v) is 2.37. The molecule has 4 heteroatoms. The third-order valence-electron chi connectivity index (χ3n) is 2.37. The number of benzene rings is 1. The quantitative estimate of drug-likeness (QED) is 0.827. The van der Waals surface area contributed by atoms with Crippen LogP contribution in [0.5, 0.6) is 5.75 Å². The second kappa shape index (κ2) is 5.51. The first-order chi connectivity index (χ1) is 7.56. The summed E-state index contributed by atoms with van der Waals surface area (Å²) in [6.07, 6.45) is 0. The smallest absolute Gasteiger partial charge is 0.239 e. The van der Waals surface area contributed by atoms with Crippen LogP contribution in [0.2, 0.25) is 0 Å². The summed E-state index contributed by atoms with van der Waals surface area (Å²) in [7, 11) is 3.35. The lowest BCUT2D eigenvalue weighted by atomic mass is 10.2. The summed E-state index contributed by atoms with van der Waals surface area (Å²) in [5.41, 5.74) is 6.51. The van der Waals surface area contributed by atoms with Crippen molar-refractivity contribution in [2.75, 3.05) is 14.2 Å². The molecule has 0 saturated carbocycles. The van der Waals surface area contributed by atoms with Gasteiger partial charge in [0, 0.05) is 19.2 Å². The van der Waals surface area contributed by atoms with Crippen LogP contribution in [0.4, 0.5) is 0 Å². The molecule has 0 spiro atoms. The van der Waals surface area contributed by atoms with Crippen molar-refractivity contribution in [1.82, 2.24) is 4.90 Å². The van der Waals surface area contributed by atoms with Crippen LogP contribution in [0.15, 0.2) is 24.3 Å². The average Bonchev–Trinajstić information content (AvgIpc) is 2.28. The fourth-order valence-electron chi connectivity index (χ4n) is 1.51. The van der Waals surface area contributed by atoms with Gasteiger partial charge in [0.05, 0.1) is 13.2 Å². The number of rotatable bonds is 4. The summed E-state index contributed by atoms with van der Waals surface area (Å²) in [5, 5.41) is 0. The first-order valence-corrected chi connectivity index (χ1v) is 5.18. The monoisotopic (exact) mass is 222 g/mol. The van der Waals surface area contributed by atoms with E-state index >= 15 is 0 Å². The number of carbonyl (C=O) groups excluding carboxylic acids is 1. The molecule has 2 N–H and O–H groups in total. The highest BCUT2D eigenvalue weighted by molar-refractivity contribution is 5.80. The maximum Gasteiger partial charge on any atom is 0.239 e. The number of hydrogen-bond donors (Lipinski definition) is 1. The van der Waals surface area contributed by atoms with E-state index in [1.807, 2.05) is 24.3 Å². The zero-order valence-electron chi connectivity index (χ0n) is 9.93. The molecule has 1 rings (SSSR count). The second-order valence-electron chi connectivity index (χ2n) is 3.79. The molecule has 16 heavy (non-hydrogen) atoms. The largest absolute Gasteiger partial charge is 0.496 e. The predicted molar refractivity (Wildman–Crippen MR) is 63.1 cm³/mol. The SMILES string of the molecule is COc1ccccc1CN(C)C(=O)C(C)N. The molecule has 0 radical (unpaired) electrons. The van der Waals surface area contributed by atoms with Gasteiger partial charge in [-0.1, -0.05) is 18.2 Å². The number of amides is 1. The van der Waals surface area contributed by atoms with E-state index in [1.54, 1.807) is 26.0 Å². The first-order valence-electron chi connectivity index (χ1n) is 5.18. The van der Waals surface area contributed by atoms with Gasteiger partial charge in [0.2, 0.25) is 5.91 Å². The number of nitrogens with two attached hydrogens (primary N) is 1. The molecule has 1 aromatic rings. The lowest BCUT2D eigenvalue weighted by Gasteiger charge is -2.20. The van der Waals surface area contributed by atoms with Gasteiger partial charge in [-0.15, -0.1) is 0 Å². The number of hydrogen-bond acceptors (Lipinski definition) is 3. The number of carbonyl (C=O) groups is 1. The maximum atomic E-state index is 11.6. The zero-order chi connectivity index (χ0) is 12.1. The average molecular weight is 222 g/mol. The van der Waals surface area contributed by atoms with E-state index in [4.69, 9.17) is 10.5 Å². The van der Waals surface area contributed by atoms with E-state index in [1.165, 1.54) is 0 Å². The normalized spacial score (nSPS) is 12.0. The van der Waals surface area contributed by atoms with Crippen LogP contribution in [0.3, 0.4) is 0 Å². The van der Waals surface area contributed by atoms with Crippen LogP contribution in [-0.2, 0) is 11.3 Å². The van der Waals surface area contributed by atoms with E-state index in [9.17, 15) is 4.79 Å². The van der Waals surface area contributed by atoms with Crippen LogP contribution in [0, 0.1) is 0 Å². The molecule has 1 unspecified atom stereocenters. The minimum Gasteiger partial charge on any atom is -0.496 e. The molecule has 0 aliphatic carbocycles. The minimum atomic E-state index is -0.472. The Morgan fingerprint density at radius 1 is 1.50 bits per heavy atom. The van der Waals surface area contributed by atoms with Crippen LogP contribution >= 0.6 is 0 Å². The van der Waals surface area contributed by atoms with Gasteiger partial charge in [-0.2, -0.15) is 0 Å². The van der Waals surface area contributed by atoms with Gasteiger partial charge >= 0.3 is 0 Å². The van der Waals surface area contributed by atoms with Crippen molar-refractivity contribution < 1.29 is 9.53 Å². The van der Waals surface area contributed by atoms with Gasteiger partial charge < -0.3 is 15.4 Å².